The fourth-order valence-corrected chi connectivity index (χ4v) is 2.44. The number of halogens is 3. The third-order valence-corrected chi connectivity index (χ3v) is 3.82. The monoisotopic (exact) mass is 377 g/mol. The van der Waals surface area contributed by atoms with Crippen LogP contribution in [-0.2, 0) is 14.4 Å². The summed E-state index contributed by atoms with van der Waals surface area (Å²) in [5.74, 6) is -6.01. The Morgan fingerprint density at radius 3 is 2.56 bits per heavy atom. The first-order valence-electron chi connectivity index (χ1n) is 7.95. The smallest absolute Gasteiger partial charge is 0.269 e. The maximum absolute atomic E-state index is 13.5. The number of rotatable bonds is 5. The number of benzene rings is 2. The summed E-state index contributed by atoms with van der Waals surface area (Å²) in [6.07, 6.45) is -0.160. The van der Waals surface area contributed by atoms with Gasteiger partial charge in [-0.05, 0) is 17.7 Å². The molecular formula is C18H14F3N3O3. The van der Waals surface area contributed by atoms with Crippen molar-refractivity contribution in [2.24, 2.45) is 5.16 Å². The fraction of sp³-hybridized carbons (Fsp3) is 0.167. The van der Waals surface area contributed by atoms with Crippen LogP contribution in [0.2, 0.25) is 0 Å². The minimum Gasteiger partial charge on any atom is -0.387 e. The summed E-state index contributed by atoms with van der Waals surface area (Å²) < 4.78 is 39.5. The zero-order chi connectivity index (χ0) is 19.4. The first-order chi connectivity index (χ1) is 13.0. The van der Waals surface area contributed by atoms with Crippen LogP contribution in [0.25, 0.3) is 0 Å². The number of carbonyl (C=O) groups excluding carboxylic acids is 2. The molecule has 2 amide bonds. The van der Waals surface area contributed by atoms with Crippen molar-refractivity contribution >= 4 is 23.2 Å². The number of hydrogen-bond acceptors (Lipinski definition) is 4. The van der Waals surface area contributed by atoms with Crippen LogP contribution in [0.1, 0.15) is 18.1 Å². The Morgan fingerprint density at radius 2 is 1.81 bits per heavy atom. The van der Waals surface area contributed by atoms with Crippen LogP contribution >= 0.6 is 0 Å². The second-order valence-corrected chi connectivity index (χ2v) is 5.70. The van der Waals surface area contributed by atoms with Crippen LogP contribution < -0.4 is 10.6 Å². The van der Waals surface area contributed by atoms with Gasteiger partial charge in [0.15, 0.2) is 23.6 Å². The van der Waals surface area contributed by atoms with E-state index in [1.54, 1.807) is 0 Å². The molecule has 0 fully saturated rings. The lowest BCUT2D eigenvalue weighted by Crippen LogP contribution is -2.37. The number of anilines is 1. The van der Waals surface area contributed by atoms with E-state index in [1.165, 1.54) is 0 Å². The molecule has 9 heteroatoms. The normalized spacial score (nSPS) is 15.7. The molecular weight excluding hydrogens is 363 g/mol. The summed E-state index contributed by atoms with van der Waals surface area (Å²) in [4.78, 5) is 29.1. The van der Waals surface area contributed by atoms with E-state index in [4.69, 9.17) is 4.84 Å². The van der Waals surface area contributed by atoms with E-state index < -0.39 is 47.6 Å². The fourth-order valence-electron chi connectivity index (χ4n) is 2.44. The molecule has 27 heavy (non-hydrogen) atoms. The molecule has 6 nitrogen and oxygen atoms in total. The molecule has 1 atom stereocenters. The Labute approximate surface area is 152 Å². The minimum absolute atomic E-state index is 0.107. The zero-order valence-electron chi connectivity index (χ0n) is 13.8. The molecule has 2 aromatic rings. The van der Waals surface area contributed by atoms with Gasteiger partial charge in [-0.25, -0.2) is 13.2 Å². The Kier molecular flexibility index (Phi) is 5.39. The van der Waals surface area contributed by atoms with Gasteiger partial charge >= 0.3 is 0 Å². The van der Waals surface area contributed by atoms with Gasteiger partial charge in [-0.3, -0.25) is 9.59 Å². The molecule has 0 saturated heterocycles. The molecule has 1 aliphatic rings. The molecule has 1 aliphatic heterocycles. The van der Waals surface area contributed by atoms with E-state index in [0.717, 1.165) is 11.6 Å². The van der Waals surface area contributed by atoms with Gasteiger partial charge in [0, 0.05) is 6.42 Å². The molecule has 0 spiro atoms. The zero-order valence-corrected chi connectivity index (χ0v) is 13.8. The Morgan fingerprint density at radius 1 is 1.07 bits per heavy atom. The highest BCUT2D eigenvalue weighted by molar-refractivity contribution is 6.39. The van der Waals surface area contributed by atoms with Gasteiger partial charge in [-0.15, -0.1) is 0 Å². The summed E-state index contributed by atoms with van der Waals surface area (Å²) in [6, 6.07) is 10.8. The van der Waals surface area contributed by atoms with Crippen LogP contribution in [0.3, 0.4) is 0 Å². The van der Waals surface area contributed by atoms with E-state index in [2.05, 4.69) is 15.8 Å². The van der Waals surface area contributed by atoms with E-state index >= 15 is 0 Å². The summed E-state index contributed by atoms with van der Waals surface area (Å²) >= 11 is 0. The maximum Gasteiger partial charge on any atom is 0.269 e. The average Bonchev–Trinajstić information content (AvgIpc) is 3.18. The summed E-state index contributed by atoms with van der Waals surface area (Å²) in [6.45, 7) is -0.508. The van der Waals surface area contributed by atoms with Crippen molar-refractivity contribution in [2.45, 2.75) is 12.5 Å². The van der Waals surface area contributed by atoms with Crippen molar-refractivity contribution in [3.05, 3.63) is 65.5 Å². The predicted molar refractivity (Wildman–Crippen MR) is 90.3 cm³/mol. The quantitative estimate of drug-likeness (QED) is 0.787. The highest BCUT2D eigenvalue weighted by Crippen LogP contribution is 2.26. The van der Waals surface area contributed by atoms with Crippen molar-refractivity contribution in [1.29, 1.82) is 0 Å². The minimum atomic E-state index is -1.69. The number of hydrogen-bond donors (Lipinski definition) is 2. The first kappa shape index (κ1) is 18.4. The number of carbonyl (C=O) groups is 2. The second-order valence-electron chi connectivity index (χ2n) is 5.70. The Hall–Kier alpha value is -3.36. The lowest BCUT2D eigenvalue weighted by molar-refractivity contribution is -0.120. The molecule has 2 N–H and O–H groups in total. The number of oxime groups is 1. The van der Waals surface area contributed by atoms with Crippen LogP contribution in [0.15, 0.2) is 47.6 Å². The van der Waals surface area contributed by atoms with E-state index in [1.807, 2.05) is 30.3 Å². The number of nitrogens with one attached hydrogen (secondary N) is 2. The lowest BCUT2D eigenvalue weighted by atomic mass is 10.0. The molecule has 1 heterocycles. The van der Waals surface area contributed by atoms with Crippen molar-refractivity contribution in [3.63, 3.8) is 0 Å². The molecule has 0 saturated carbocycles. The van der Waals surface area contributed by atoms with Crippen molar-refractivity contribution in [1.82, 2.24) is 5.32 Å². The molecule has 1 unspecified atom stereocenters. The van der Waals surface area contributed by atoms with Gasteiger partial charge in [0.1, 0.15) is 5.71 Å². The lowest BCUT2D eigenvalue weighted by Gasteiger charge is -2.09. The van der Waals surface area contributed by atoms with Gasteiger partial charge < -0.3 is 15.5 Å². The maximum atomic E-state index is 13.5. The van der Waals surface area contributed by atoms with Crippen LogP contribution in [0, 0.1) is 17.5 Å². The van der Waals surface area contributed by atoms with Crippen molar-refractivity contribution < 1.29 is 27.6 Å². The van der Waals surface area contributed by atoms with Crippen LogP contribution in [-0.4, -0.2) is 24.1 Å². The van der Waals surface area contributed by atoms with Gasteiger partial charge in [-0.2, -0.15) is 0 Å². The second kappa shape index (κ2) is 7.90. The first-order valence-corrected chi connectivity index (χ1v) is 7.95. The predicted octanol–water partition coefficient (Wildman–Crippen LogP) is 2.68. The highest BCUT2D eigenvalue weighted by Gasteiger charge is 2.27. The van der Waals surface area contributed by atoms with Crippen LogP contribution in [0.5, 0.6) is 0 Å². The highest BCUT2D eigenvalue weighted by atomic mass is 19.2. The largest absolute Gasteiger partial charge is 0.387 e. The summed E-state index contributed by atoms with van der Waals surface area (Å²) in [5.41, 5.74) is 0.435. The van der Waals surface area contributed by atoms with E-state index in [-0.39, 0.29) is 12.1 Å². The molecule has 3 rings (SSSR count). The SMILES string of the molecule is O=C(CNC(=O)C1=NOC(c2ccccc2)C1)Nc1ccc(F)c(F)c1F. The summed E-state index contributed by atoms with van der Waals surface area (Å²) in [5, 5.41) is 8.07. The molecule has 140 valence electrons. The third-order valence-electron chi connectivity index (χ3n) is 3.82. The van der Waals surface area contributed by atoms with Gasteiger partial charge in [0.05, 0.1) is 12.2 Å². The Bertz CT molecular complexity index is 903. The van der Waals surface area contributed by atoms with Gasteiger partial charge in [0.2, 0.25) is 5.91 Å². The molecule has 0 radical (unpaired) electrons. The third kappa shape index (κ3) is 4.25. The number of amides is 2. The molecule has 0 bridgehead atoms. The topological polar surface area (TPSA) is 79.8 Å². The number of nitrogens with zero attached hydrogens (tertiary/aromatic N) is 1. The molecule has 0 aromatic heterocycles. The average molecular weight is 377 g/mol. The van der Waals surface area contributed by atoms with E-state index in [9.17, 15) is 22.8 Å². The van der Waals surface area contributed by atoms with Crippen molar-refractivity contribution in [2.75, 3.05) is 11.9 Å². The standard InChI is InChI=1S/C18H14F3N3O3/c19-11-6-7-12(17(21)16(11)20)23-15(25)9-22-18(26)13-8-14(27-24-13)10-4-2-1-3-5-10/h1-7,14H,8-9H2,(H,22,26)(H,23,25). The van der Waals surface area contributed by atoms with E-state index in [0.29, 0.717) is 6.07 Å². The van der Waals surface area contributed by atoms with Gasteiger partial charge in [0.25, 0.3) is 5.91 Å². The molecule has 0 aliphatic carbocycles. The Balaban J connectivity index is 1.51. The molecule has 2 aromatic carbocycles. The summed E-state index contributed by atoms with van der Waals surface area (Å²) in [7, 11) is 0. The van der Waals surface area contributed by atoms with Crippen LogP contribution in [0.4, 0.5) is 18.9 Å². The van der Waals surface area contributed by atoms with Gasteiger partial charge in [-0.1, -0.05) is 35.5 Å². The van der Waals surface area contributed by atoms with Crippen molar-refractivity contribution in [3.8, 4) is 0 Å².